The third-order valence-electron chi connectivity index (χ3n) is 4.68. The molecule has 31 heavy (non-hydrogen) atoms. The predicted molar refractivity (Wildman–Crippen MR) is 108 cm³/mol. The predicted octanol–water partition coefficient (Wildman–Crippen LogP) is 5.69. The van der Waals surface area contributed by atoms with E-state index in [4.69, 9.17) is 11.6 Å². The first-order valence-corrected chi connectivity index (χ1v) is 9.74. The van der Waals surface area contributed by atoms with Crippen LogP contribution in [0.3, 0.4) is 0 Å². The van der Waals surface area contributed by atoms with Crippen LogP contribution in [0.15, 0.2) is 42.7 Å². The second-order valence-electron chi connectivity index (χ2n) is 7.28. The fourth-order valence-electron chi connectivity index (χ4n) is 3.09. The molecular weight excluding hydrogens is 436 g/mol. The number of halogens is 5. The van der Waals surface area contributed by atoms with Gasteiger partial charge < -0.3 is 5.32 Å². The highest BCUT2D eigenvalue weighted by molar-refractivity contribution is 6.30. The number of pyridine rings is 1. The van der Waals surface area contributed by atoms with Gasteiger partial charge in [0.1, 0.15) is 5.82 Å². The van der Waals surface area contributed by atoms with Gasteiger partial charge >= 0.3 is 6.18 Å². The number of carbonyl (C=O) groups is 1. The normalized spacial score (nSPS) is 12.8. The molecule has 0 bridgehead atoms. The van der Waals surface area contributed by atoms with Crippen LogP contribution in [0.5, 0.6) is 0 Å². The van der Waals surface area contributed by atoms with Crippen molar-refractivity contribution in [2.24, 2.45) is 0 Å². The fourth-order valence-corrected chi connectivity index (χ4v) is 3.28. The van der Waals surface area contributed by atoms with Gasteiger partial charge in [-0.1, -0.05) is 31.5 Å². The van der Waals surface area contributed by atoms with E-state index in [1.54, 1.807) is 6.92 Å². The summed E-state index contributed by atoms with van der Waals surface area (Å²) in [5, 5.41) is 6.92. The number of aromatic nitrogens is 3. The molecule has 1 N–H and O–H groups in total. The van der Waals surface area contributed by atoms with Crippen LogP contribution in [-0.2, 0) is 6.18 Å². The quantitative estimate of drug-likeness (QED) is 0.503. The largest absolute Gasteiger partial charge is 0.417 e. The smallest absolute Gasteiger partial charge is 0.345 e. The summed E-state index contributed by atoms with van der Waals surface area (Å²) in [6, 6.07) is 5.80. The van der Waals surface area contributed by atoms with Crippen molar-refractivity contribution >= 4 is 17.5 Å². The highest BCUT2D eigenvalue weighted by atomic mass is 35.5. The number of rotatable bonds is 5. The van der Waals surface area contributed by atoms with E-state index in [9.17, 15) is 22.4 Å². The molecule has 3 rings (SSSR count). The Morgan fingerprint density at radius 1 is 1.13 bits per heavy atom. The Hall–Kier alpha value is -2.94. The van der Waals surface area contributed by atoms with Crippen molar-refractivity contribution in [2.75, 3.05) is 0 Å². The van der Waals surface area contributed by atoms with Crippen LogP contribution in [0.2, 0.25) is 5.02 Å². The lowest BCUT2D eigenvalue weighted by molar-refractivity contribution is -0.137. The minimum atomic E-state index is -4.50. The summed E-state index contributed by atoms with van der Waals surface area (Å²) in [6.07, 6.45) is -2.43. The third kappa shape index (κ3) is 4.87. The molecule has 0 fully saturated rings. The van der Waals surface area contributed by atoms with Crippen LogP contribution < -0.4 is 5.32 Å². The summed E-state index contributed by atoms with van der Waals surface area (Å²) >= 11 is 5.81. The fraction of sp³-hybridized carbons (Fsp3) is 0.286. The molecule has 10 heteroatoms. The van der Waals surface area contributed by atoms with Gasteiger partial charge in [0, 0.05) is 6.20 Å². The van der Waals surface area contributed by atoms with Gasteiger partial charge in [-0.05, 0) is 42.7 Å². The Morgan fingerprint density at radius 3 is 2.39 bits per heavy atom. The highest BCUT2D eigenvalue weighted by Gasteiger charge is 2.31. The van der Waals surface area contributed by atoms with E-state index < -0.39 is 29.5 Å². The van der Waals surface area contributed by atoms with Crippen molar-refractivity contribution in [3.05, 3.63) is 75.9 Å². The summed E-state index contributed by atoms with van der Waals surface area (Å²) in [7, 11) is 0. The average Bonchev–Trinajstić information content (AvgIpc) is 3.15. The number of carbonyl (C=O) groups excluding carboxylic acids is 1. The second kappa shape index (κ2) is 8.66. The van der Waals surface area contributed by atoms with Crippen LogP contribution in [0.25, 0.3) is 5.82 Å². The topological polar surface area (TPSA) is 59.8 Å². The molecule has 164 valence electrons. The van der Waals surface area contributed by atoms with Crippen molar-refractivity contribution in [1.29, 1.82) is 0 Å². The van der Waals surface area contributed by atoms with Gasteiger partial charge in [-0.15, -0.1) is 0 Å². The minimum absolute atomic E-state index is 0.0531. The van der Waals surface area contributed by atoms with Crippen molar-refractivity contribution in [3.8, 4) is 5.82 Å². The zero-order valence-electron chi connectivity index (χ0n) is 16.8. The van der Waals surface area contributed by atoms with Gasteiger partial charge in [0.15, 0.2) is 5.82 Å². The molecule has 1 amide bonds. The standard InChI is InChI=1S/C21H19ClF4N4O/c1-11(2)19-15(20(31)29-12(3)13-4-6-17(23)16(22)8-13)10-28-30(19)18-7-5-14(9-27-18)21(24,25)26/h4-12H,1-3H3,(H,29,31). The van der Waals surface area contributed by atoms with Crippen molar-refractivity contribution < 1.29 is 22.4 Å². The van der Waals surface area contributed by atoms with Crippen LogP contribution >= 0.6 is 11.6 Å². The molecule has 2 aromatic heterocycles. The van der Waals surface area contributed by atoms with Gasteiger partial charge in [-0.3, -0.25) is 4.79 Å². The number of nitrogens with one attached hydrogen (secondary N) is 1. The SMILES string of the molecule is CC(C)c1c(C(=O)NC(C)c2ccc(F)c(Cl)c2)cnn1-c1ccc(C(F)(F)F)cn1. The van der Waals surface area contributed by atoms with Gasteiger partial charge in [0.05, 0.1) is 34.1 Å². The van der Waals surface area contributed by atoms with Gasteiger partial charge in [-0.25, -0.2) is 14.1 Å². The minimum Gasteiger partial charge on any atom is -0.345 e. The van der Waals surface area contributed by atoms with Crippen LogP contribution in [0.4, 0.5) is 17.6 Å². The zero-order valence-corrected chi connectivity index (χ0v) is 17.6. The first kappa shape index (κ1) is 22.7. The Bertz CT molecular complexity index is 1090. The number of hydrogen-bond donors (Lipinski definition) is 1. The lowest BCUT2D eigenvalue weighted by Gasteiger charge is -2.16. The van der Waals surface area contributed by atoms with E-state index in [0.717, 1.165) is 12.3 Å². The maximum absolute atomic E-state index is 13.4. The van der Waals surface area contributed by atoms with Crippen LogP contribution in [0, 0.1) is 5.82 Å². The Labute approximate surface area is 181 Å². The Kier molecular flexibility index (Phi) is 6.35. The summed E-state index contributed by atoms with van der Waals surface area (Å²) in [6.45, 7) is 5.38. The molecule has 0 saturated carbocycles. The second-order valence-corrected chi connectivity index (χ2v) is 7.69. The maximum Gasteiger partial charge on any atom is 0.417 e. The molecule has 0 aliphatic carbocycles. The lowest BCUT2D eigenvalue weighted by atomic mass is 10.0. The number of benzene rings is 1. The zero-order chi connectivity index (χ0) is 22.9. The first-order valence-electron chi connectivity index (χ1n) is 9.36. The van der Waals surface area contributed by atoms with Gasteiger partial charge in [-0.2, -0.15) is 18.3 Å². The first-order chi connectivity index (χ1) is 14.5. The van der Waals surface area contributed by atoms with Crippen molar-refractivity contribution in [1.82, 2.24) is 20.1 Å². The molecule has 0 saturated heterocycles. The molecule has 5 nitrogen and oxygen atoms in total. The number of alkyl halides is 3. The number of amides is 1. The van der Waals surface area contributed by atoms with E-state index >= 15 is 0 Å². The maximum atomic E-state index is 13.4. The van der Waals surface area contributed by atoms with Gasteiger partial charge in [0.2, 0.25) is 0 Å². The van der Waals surface area contributed by atoms with E-state index in [0.29, 0.717) is 11.3 Å². The molecule has 3 aromatic rings. The van der Waals surface area contributed by atoms with Crippen LogP contribution in [-0.4, -0.2) is 20.7 Å². The number of hydrogen-bond acceptors (Lipinski definition) is 3. The monoisotopic (exact) mass is 454 g/mol. The van der Waals surface area contributed by atoms with Crippen molar-refractivity contribution in [3.63, 3.8) is 0 Å². The molecule has 0 aliphatic rings. The molecule has 1 aromatic carbocycles. The summed E-state index contributed by atoms with van der Waals surface area (Å²) in [5.74, 6) is -1.01. The molecule has 0 aliphatic heterocycles. The average molecular weight is 455 g/mol. The van der Waals surface area contributed by atoms with Crippen molar-refractivity contribution in [2.45, 2.75) is 38.9 Å². The molecule has 2 heterocycles. The van der Waals surface area contributed by atoms with E-state index in [1.165, 1.54) is 35.1 Å². The molecule has 0 spiro atoms. The van der Waals surface area contributed by atoms with E-state index in [2.05, 4.69) is 15.4 Å². The van der Waals surface area contributed by atoms with Gasteiger partial charge in [0.25, 0.3) is 5.91 Å². The molecule has 0 radical (unpaired) electrons. The third-order valence-corrected chi connectivity index (χ3v) is 4.97. The summed E-state index contributed by atoms with van der Waals surface area (Å²) in [4.78, 5) is 16.8. The van der Waals surface area contributed by atoms with Crippen LogP contribution in [0.1, 0.15) is 59.9 Å². The summed E-state index contributed by atoms with van der Waals surface area (Å²) in [5.41, 5.74) is 0.493. The lowest BCUT2D eigenvalue weighted by Crippen LogP contribution is -2.27. The molecule has 1 atom stereocenters. The molecular formula is C21H19ClF4N4O. The highest BCUT2D eigenvalue weighted by Crippen LogP contribution is 2.30. The Morgan fingerprint density at radius 2 is 1.84 bits per heavy atom. The summed E-state index contributed by atoms with van der Waals surface area (Å²) < 4.78 is 53.1. The van der Waals surface area contributed by atoms with E-state index in [-0.39, 0.29) is 22.3 Å². The number of nitrogens with zero attached hydrogens (tertiary/aromatic N) is 3. The van der Waals surface area contributed by atoms with E-state index in [1.807, 2.05) is 13.8 Å². The Balaban J connectivity index is 1.89. The molecule has 1 unspecified atom stereocenters.